The van der Waals surface area contributed by atoms with Crippen LogP contribution in [0.2, 0.25) is 0 Å². The molecule has 1 heterocycles. The fourth-order valence-electron chi connectivity index (χ4n) is 1.87. The smallest absolute Gasteiger partial charge is 0.405 e. The van der Waals surface area contributed by atoms with Crippen LogP contribution in [0, 0.1) is 13.8 Å². The van der Waals surface area contributed by atoms with Crippen LogP contribution in [-0.2, 0) is 6.54 Å². The first kappa shape index (κ1) is 16.2. The molecule has 0 aliphatic carbocycles. The van der Waals surface area contributed by atoms with Crippen LogP contribution in [0.1, 0.15) is 15.3 Å². The first-order valence-electron chi connectivity index (χ1n) is 6.09. The van der Waals surface area contributed by atoms with Crippen LogP contribution in [0.3, 0.4) is 0 Å². The zero-order valence-corrected chi connectivity index (χ0v) is 13.7. The van der Waals surface area contributed by atoms with Gasteiger partial charge in [0.1, 0.15) is 5.75 Å². The minimum Gasteiger partial charge on any atom is -0.405 e. The van der Waals surface area contributed by atoms with Crippen molar-refractivity contribution >= 4 is 33.0 Å². The van der Waals surface area contributed by atoms with Gasteiger partial charge < -0.3 is 10.1 Å². The lowest BCUT2D eigenvalue weighted by Gasteiger charge is -2.12. The standard InChI is InChI=1S/C14H13BrF3NOS/c1-8-5-10(9(2)21-8)7-19-11-3-4-13(12(15)6-11)20-14(16,17)18/h3-6,19H,7H2,1-2H3. The van der Waals surface area contributed by atoms with Gasteiger partial charge in [0.2, 0.25) is 0 Å². The third-order valence-corrected chi connectivity index (χ3v) is 4.41. The number of nitrogens with one attached hydrogen (secondary N) is 1. The second-order valence-electron chi connectivity index (χ2n) is 4.49. The van der Waals surface area contributed by atoms with E-state index in [4.69, 9.17) is 0 Å². The Bertz CT molecular complexity index is 640. The summed E-state index contributed by atoms with van der Waals surface area (Å²) in [7, 11) is 0. The Morgan fingerprint density at radius 1 is 1.24 bits per heavy atom. The van der Waals surface area contributed by atoms with Crippen molar-refractivity contribution in [2.75, 3.05) is 5.32 Å². The summed E-state index contributed by atoms with van der Waals surface area (Å²) in [6.07, 6.45) is -4.69. The minimum absolute atomic E-state index is 0.253. The van der Waals surface area contributed by atoms with E-state index in [-0.39, 0.29) is 10.2 Å². The molecule has 1 aromatic heterocycles. The van der Waals surface area contributed by atoms with Crippen molar-refractivity contribution in [2.45, 2.75) is 26.8 Å². The number of hydrogen-bond acceptors (Lipinski definition) is 3. The fourth-order valence-corrected chi connectivity index (χ4v) is 3.28. The summed E-state index contributed by atoms with van der Waals surface area (Å²) in [5, 5.41) is 3.19. The molecule has 0 saturated carbocycles. The normalized spacial score (nSPS) is 11.5. The number of anilines is 1. The Labute approximate surface area is 133 Å². The van der Waals surface area contributed by atoms with Crippen molar-refractivity contribution in [3.63, 3.8) is 0 Å². The number of aryl methyl sites for hydroxylation is 2. The van der Waals surface area contributed by atoms with E-state index in [1.807, 2.05) is 13.8 Å². The van der Waals surface area contributed by atoms with Gasteiger partial charge in [0.25, 0.3) is 0 Å². The van der Waals surface area contributed by atoms with Crippen molar-refractivity contribution < 1.29 is 17.9 Å². The number of ether oxygens (including phenoxy) is 1. The van der Waals surface area contributed by atoms with Crippen molar-refractivity contribution in [1.29, 1.82) is 0 Å². The summed E-state index contributed by atoms with van der Waals surface area (Å²) in [5.74, 6) is -0.254. The van der Waals surface area contributed by atoms with E-state index in [1.54, 1.807) is 23.5 Å². The molecule has 0 spiro atoms. The Morgan fingerprint density at radius 2 is 1.95 bits per heavy atom. The molecule has 0 amide bonds. The van der Waals surface area contributed by atoms with Gasteiger partial charge in [-0.1, -0.05) is 0 Å². The number of rotatable bonds is 4. The molecule has 114 valence electrons. The molecule has 0 aliphatic heterocycles. The van der Waals surface area contributed by atoms with Crippen molar-refractivity contribution in [2.24, 2.45) is 0 Å². The zero-order chi connectivity index (χ0) is 15.6. The van der Waals surface area contributed by atoms with Gasteiger partial charge >= 0.3 is 6.36 Å². The van der Waals surface area contributed by atoms with Gasteiger partial charge in [-0.2, -0.15) is 0 Å². The molecule has 1 N–H and O–H groups in total. The van der Waals surface area contributed by atoms with E-state index in [9.17, 15) is 13.2 Å². The highest BCUT2D eigenvalue weighted by atomic mass is 79.9. The van der Waals surface area contributed by atoms with E-state index in [0.717, 1.165) is 5.69 Å². The maximum atomic E-state index is 12.2. The summed E-state index contributed by atoms with van der Waals surface area (Å²) in [4.78, 5) is 2.47. The van der Waals surface area contributed by atoms with Crippen LogP contribution in [0.4, 0.5) is 18.9 Å². The van der Waals surface area contributed by atoms with E-state index in [2.05, 4.69) is 32.0 Å². The summed E-state index contributed by atoms with van der Waals surface area (Å²) >= 11 is 4.80. The van der Waals surface area contributed by atoms with Gasteiger partial charge in [0, 0.05) is 22.0 Å². The van der Waals surface area contributed by atoms with Gasteiger partial charge in [-0.05, 0) is 59.6 Å². The van der Waals surface area contributed by atoms with Crippen LogP contribution >= 0.6 is 27.3 Å². The molecule has 7 heteroatoms. The zero-order valence-electron chi connectivity index (χ0n) is 11.3. The van der Waals surface area contributed by atoms with Gasteiger partial charge in [-0.15, -0.1) is 24.5 Å². The van der Waals surface area contributed by atoms with Gasteiger partial charge in [0.15, 0.2) is 0 Å². The highest BCUT2D eigenvalue weighted by Crippen LogP contribution is 2.32. The molecule has 21 heavy (non-hydrogen) atoms. The van der Waals surface area contributed by atoms with Crippen LogP contribution in [0.5, 0.6) is 5.75 Å². The van der Waals surface area contributed by atoms with Crippen LogP contribution < -0.4 is 10.1 Å². The Morgan fingerprint density at radius 3 is 2.48 bits per heavy atom. The first-order chi connectivity index (χ1) is 9.74. The SMILES string of the molecule is Cc1cc(CNc2ccc(OC(F)(F)F)c(Br)c2)c(C)s1. The van der Waals surface area contributed by atoms with Gasteiger partial charge in [-0.3, -0.25) is 0 Å². The molecule has 0 saturated heterocycles. The number of benzene rings is 1. The number of thiophene rings is 1. The Balaban J connectivity index is 2.05. The second-order valence-corrected chi connectivity index (χ2v) is 6.80. The number of alkyl halides is 3. The van der Waals surface area contributed by atoms with Crippen LogP contribution in [0.15, 0.2) is 28.7 Å². The lowest BCUT2D eigenvalue weighted by atomic mass is 10.2. The quantitative estimate of drug-likeness (QED) is 0.742. The molecule has 2 aromatic rings. The third kappa shape index (κ3) is 4.64. The van der Waals surface area contributed by atoms with Crippen molar-refractivity contribution in [1.82, 2.24) is 0 Å². The summed E-state index contributed by atoms with van der Waals surface area (Å²) < 4.78 is 40.7. The largest absolute Gasteiger partial charge is 0.573 e. The predicted molar refractivity (Wildman–Crippen MR) is 81.9 cm³/mol. The topological polar surface area (TPSA) is 21.3 Å². The van der Waals surface area contributed by atoms with E-state index in [0.29, 0.717) is 6.54 Å². The monoisotopic (exact) mass is 379 g/mol. The van der Waals surface area contributed by atoms with E-state index < -0.39 is 6.36 Å². The molecule has 1 aromatic carbocycles. The molecule has 0 atom stereocenters. The Kier molecular flexibility index (Phi) is 4.83. The molecule has 0 radical (unpaired) electrons. The van der Waals surface area contributed by atoms with E-state index >= 15 is 0 Å². The van der Waals surface area contributed by atoms with Crippen LogP contribution in [0.25, 0.3) is 0 Å². The lowest BCUT2D eigenvalue weighted by molar-refractivity contribution is -0.274. The second kappa shape index (κ2) is 6.27. The van der Waals surface area contributed by atoms with E-state index in [1.165, 1.54) is 21.4 Å². The molecule has 0 unspecified atom stereocenters. The van der Waals surface area contributed by atoms with Gasteiger partial charge in [0.05, 0.1) is 4.47 Å². The number of halogens is 4. The maximum Gasteiger partial charge on any atom is 0.573 e. The average Bonchev–Trinajstić information content (AvgIpc) is 2.67. The lowest BCUT2D eigenvalue weighted by Crippen LogP contribution is -2.17. The highest BCUT2D eigenvalue weighted by Gasteiger charge is 2.31. The van der Waals surface area contributed by atoms with Crippen molar-refractivity contribution in [3.05, 3.63) is 44.1 Å². The van der Waals surface area contributed by atoms with Crippen molar-refractivity contribution in [3.8, 4) is 5.75 Å². The Hall–Kier alpha value is -1.21. The first-order valence-corrected chi connectivity index (χ1v) is 7.70. The molecule has 2 nitrogen and oxygen atoms in total. The third-order valence-electron chi connectivity index (χ3n) is 2.78. The molecular weight excluding hydrogens is 367 g/mol. The predicted octanol–water partition coefficient (Wildman–Crippen LogP) is 5.64. The molecule has 2 rings (SSSR count). The average molecular weight is 380 g/mol. The molecule has 0 fully saturated rings. The molecule has 0 aliphatic rings. The summed E-state index contributed by atoms with van der Waals surface area (Å²) in [6, 6.07) is 6.50. The summed E-state index contributed by atoms with van der Waals surface area (Å²) in [6.45, 7) is 4.72. The number of hydrogen-bond donors (Lipinski definition) is 1. The molecular formula is C14H13BrF3NOS. The summed E-state index contributed by atoms with van der Waals surface area (Å²) in [5.41, 5.74) is 1.91. The molecule has 0 bridgehead atoms. The van der Waals surface area contributed by atoms with Crippen LogP contribution in [-0.4, -0.2) is 6.36 Å². The van der Waals surface area contributed by atoms with Gasteiger partial charge in [-0.25, -0.2) is 0 Å². The minimum atomic E-state index is -4.69. The maximum absolute atomic E-state index is 12.2. The highest BCUT2D eigenvalue weighted by molar-refractivity contribution is 9.10. The fraction of sp³-hybridized carbons (Fsp3) is 0.286.